The SMILES string of the molecule is COC(=O)C1=C(C(=O)OC)N(c2ccc(Br)c(C(=O)OC)c2)C=CC=C1. The van der Waals surface area contributed by atoms with Crippen LogP contribution in [-0.2, 0) is 23.8 Å². The van der Waals surface area contributed by atoms with Crippen molar-refractivity contribution in [3.8, 4) is 0 Å². The summed E-state index contributed by atoms with van der Waals surface area (Å²) in [6, 6.07) is 4.84. The molecule has 1 aromatic carbocycles. The van der Waals surface area contributed by atoms with Crippen molar-refractivity contribution >= 4 is 39.5 Å². The largest absolute Gasteiger partial charge is 0.465 e. The second-order valence-electron chi connectivity index (χ2n) is 4.97. The molecule has 1 aliphatic heterocycles. The molecule has 0 fully saturated rings. The van der Waals surface area contributed by atoms with E-state index >= 15 is 0 Å². The van der Waals surface area contributed by atoms with E-state index < -0.39 is 17.9 Å². The Hall–Kier alpha value is -2.87. The van der Waals surface area contributed by atoms with E-state index in [-0.39, 0.29) is 16.8 Å². The van der Waals surface area contributed by atoms with Gasteiger partial charge in [0.15, 0.2) is 0 Å². The van der Waals surface area contributed by atoms with Gasteiger partial charge in [0.05, 0.1) is 32.5 Å². The molecular weight excluding hydrogens is 406 g/mol. The number of methoxy groups -OCH3 is 3. The number of esters is 3. The van der Waals surface area contributed by atoms with E-state index in [1.54, 1.807) is 30.5 Å². The standard InChI is InChI=1S/C18H16BrNO6/c1-24-16(21)12-6-4-5-9-20(15(12)18(23)26-3)11-7-8-14(19)13(10-11)17(22)25-2/h4-10H,1-3H3. The third kappa shape index (κ3) is 3.85. The minimum atomic E-state index is -0.732. The fourth-order valence-corrected chi connectivity index (χ4v) is 2.70. The van der Waals surface area contributed by atoms with E-state index in [9.17, 15) is 14.4 Å². The molecule has 1 aliphatic rings. The molecule has 0 bridgehead atoms. The van der Waals surface area contributed by atoms with Crippen molar-refractivity contribution in [3.05, 3.63) is 63.9 Å². The number of rotatable bonds is 4. The zero-order valence-corrected chi connectivity index (χ0v) is 15.9. The Bertz CT molecular complexity index is 840. The average Bonchev–Trinajstić information content (AvgIpc) is 2.89. The molecule has 8 heteroatoms. The van der Waals surface area contributed by atoms with Gasteiger partial charge in [-0.05, 0) is 46.3 Å². The van der Waals surface area contributed by atoms with Gasteiger partial charge in [0, 0.05) is 16.4 Å². The highest BCUT2D eigenvalue weighted by Gasteiger charge is 2.28. The second kappa shape index (κ2) is 8.48. The number of anilines is 1. The summed E-state index contributed by atoms with van der Waals surface area (Å²) in [5.41, 5.74) is 0.698. The summed E-state index contributed by atoms with van der Waals surface area (Å²) < 4.78 is 14.9. The molecule has 0 unspecified atom stereocenters. The van der Waals surface area contributed by atoms with E-state index in [2.05, 4.69) is 15.9 Å². The van der Waals surface area contributed by atoms with Crippen molar-refractivity contribution in [1.82, 2.24) is 0 Å². The normalized spacial score (nSPS) is 13.3. The molecule has 1 aromatic rings. The lowest BCUT2D eigenvalue weighted by molar-refractivity contribution is -0.139. The summed E-state index contributed by atoms with van der Waals surface area (Å²) in [6.45, 7) is 0. The van der Waals surface area contributed by atoms with Crippen LogP contribution in [0.3, 0.4) is 0 Å². The number of halogens is 1. The van der Waals surface area contributed by atoms with Gasteiger partial charge in [-0.15, -0.1) is 0 Å². The summed E-state index contributed by atoms with van der Waals surface area (Å²) in [6.07, 6.45) is 6.26. The highest BCUT2D eigenvalue weighted by molar-refractivity contribution is 9.10. The molecule has 0 N–H and O–H groups in total. The Morgan fingerprint density at radius 1 is 0.923 bits per heavy atom. The van der Waals surface area contributed by atoms with Crippen LogP contribution in [0.25, 0.3) is 0 Å². The van der Waals surface area contributed by atoms with Crippen LogP contribution in [0.5, 0.6) is 0 Å². The molecule has 136 valence electrons. The van der Waals surface area contributed by atoms with Gasteiger partial charge in [0.25, 0.3) is 0 Å². The molecule has 0 spiro atoms. The van der Waals surface area contributed by atoms with Crippen LogP contribution in [0, 0.1) is 0 Å². The summed E-state index contributed by atoms with van der Waals surface area (Å²) in [5, 5.41) is 0. The van der Waals surface area contributed by atoms with Gasteiger partial charge in [-0.2, -0.15) is 0 Å². The zero-order valence-electron chi connectivity index (χ0n) is 14.3. The van der Waals surface area contributed by atoms with E-state index in [4.69, 9.17) is 14.2 Å². The van der Waals surface area contributed by atoms with Gasteiger partial charge >= 0.3 is 17.9 Å². The molecule has 0 aromatic heterocycles. The molecule has 0 aliphatic carbocycles. The minimum Gasteiger partial charge on any atom is -0.465 e. The number of benzene rings is 1. The highest BCUT2D eigenvalue weighted by Crippen LogP contribution is 2.30. The quantitative estimate of drug-likeness (QED) is 0.545. The number of hydrogen-bond acceptors (Lipinski definition) is 7. The lowest BCUT2D eigenvalue weighted by atomic mass is 10.1. The van der Waals surface area contributed by atoms with Crippen molar-refractivity contribution in [2.75, 3.05) is 26.2 Å². The molecule has 7 nitrogen and oxygen atoms in total. The van der Waals surface area contributed by atoms with Crippen molar-refractivity contribution in [2.45, 2.75) is 0 Å². The first-order chi connectivity index (χ1) is 12.4. The Balaban J connectivity index is 2.67. The summed E-state index contributed by atoms with van der Waals surface area (Å²) in [5.74, 6) is -1.97. The Labute approximate surface area is 158 Å². The van der Waals surface area contributed by atoms with E-state index in [1.807, 2.05) is 0 Å². The van der Waals surface area contributed by atoms with Gasteiger partial charge in [0.1, 0.15) is 5.70 Å². The topological polar surface area (TPSA) is 82.1 Å². The molecule has 1 heterocycles. The Morgan fingerprint density at radius 3 is 2.19 bits per heavy atom. The van der Waals surface area contributed by atoms with Crippen molar-refractivity contribution < 1.29 is 28.6 Å². The molecule has 0 saturated heterocycles. The monoisotopic (exact) mass is 421 g/mol. The Morgan fingerprint density at radius 2 is 1.58 bits per heavy atom. The lowest BCUT2D eigenvalue weighted by Gasteiger charge is -2.23. The fraction of sp³-hybridized carbons (Fsp3) is 0.167. The van der Waals surface area contributed by atoms with Crippen molar-refractivity contribution in [1.29, 1.82) is 0 Å². The lowest BCUT2D eigenvalue weighted by Crippen LogP contribution is -2.27. The predicted molar refractivity (Wildman–Crippen MR) is 97.3 cm³/mol. The maximum absolute atomic E-state index is 12.4. The van der Waals surface area contributed by atoms with Crippen molar-refractivity contribution in [3.63, 3.8) is 0 Å². The van der Waals surface area contributed by atoms with Gasteiger partial charge in [-0.3, -0.25) is 0 Å². The molecule has 0 saturated carbocycles. The van der Waals surface area contributed by atoms with E-state index in [0.29, 0.717) is 10.2 Å². The summed E-state index contributed by atoms with van der Waals surface area (Å²) in [7, 11) is 3.70. The Kier molecular flexibility index (Phi) is 6.35. The van der Waals surface area contributed by atoms with E-state index in [1.165, 1.54) is 38.4 Å². The van der Waals surface area contributed by atoms with Gasteiger partial charge in [0.2, 0.25) is 0 Å². The number of hydrogen-bond donors (Lipinski definition) is 0. The van der Waals surface area contributed by atoms with E-state index in [0.717, 1.165) is 0 Å². The predicted octanol–water partition coefficient (Wildman–Crippen LogP) is 2.73. The first-order valence-electron chi connectivity index (χ1n) is 7.37. The van der Waals surface area contributed by atoms with Gasteiger partial charge in [-0.25, -0.2) is 14.4 Å². The van der Waals surface area contributed by atoms with Crippen LogP contribution in [0.2, 0.25) is 0 Å². The smallest absolute Gasteiger partial charge is 0.355 e. The number of allylic oxidation sites excluding steroid dienone is 2. The van der Waals surface area contributed by atoms with Crippen LogP contribution < -0.4 is 4.90 Å². The fourth-order valence-electron chi connectivity index (χ4n) is 2.30. The third-order valence-corrected chi connectivity index (χ3v) is 4.21. The molecule has 0 radical (unpaired) electrons. The maximum Gasteiger partial charge on any atom is 0.355 e. The second-order valence-corrected chi connectivity index (χ2v) is 5.83. The maximum atomic E-state index is 12.4. The number of ether oxygens (including phenoxy) is 3. The summed E-state index contributed by atoms with van der Waals surface area (Å²) in [4.78, 5) is 37.9. The average molecular weight is 422 g/mol. The number of carbonyl (C=O) groups is 3. The van der Waals surface area contributed by atoms with Crippen molar-refractivity contribution in [2.24, 2.45) is 0 Å². The number of nitrogens with zero attached hydrogens (tertiary/aromatic N) is 1. The minimum absolute atomic E-state index is 0.0203. The first-order valence-corrected chi connectivity index (χ1v) is 8.16. The van der Waals surface area contributed by atoms with Crippen LogP contribution in [0.15, 0.2) is 58.4 Å². The first kappa shape index (κ1) is 19.5. The summed E-state index contributed by atoms with van der Waals surface area (Å²) >= 11 is 3.29. The number of carbonyl (C=O) groups excluding carboxylic acids is 3. The molecule has 0 atom stereocenters. The van der Waals surface area contributed by atoms with Crippen LogP contribution in [0.4, 0.5) is 5.69 Å². The third-order valence-electron chi connectivity index (χ3n) is 3.52. The van der Waals surface area contributed by atoms with Gasteiger partial charge < -0.3 is 19.1 Å². The highest BCUT2D eigenvalue weighted by atomic mass is 79.9. The van der Waals surface area contributed by atoms with Crippen LogP contribution in [0.1, 0.15) is 10.4 Å². The van der Waals surface area contributed by atoms with Gasteiger partial charge in [-0.1, -0.05) is 6.08 Å². The molecule has 26 heavy (non-hydrogen) atoms. The van der Waals surface area contributed by atoms with Crippen LogP contribution in [-0.4, -0.2) is 39.2 Å². The molecule has 0 amide bonds. The van der Waals surface area contributed by atoms with Crippen LogP contribution >= 0.6 is 15.9 Å². The molecular formula is C18H16BrNO6. The zero-order chi connectivity index (χ0) is 19.3. The molecule has 2 rings (SSSR count).